The van der Waals surface area contributed by atoms with E-state index in [2.05, 4.69) is 10.5 Å². The molecule has 0 spiro atoms. The smallest absolute Gasteiger partial charge is 0.337 e. The van der Waals surface area contributed by atoms with Gasteiger partial charge in [0.05, 0.1) is 11.8 Å². The molecule has 0 bridgehead atoms. The van der Waals surface area contributed by atoms with Crippen molar-refractivity contribution in [2.75, 3.05) is 0 Å². The Hall–Kier alpha value is -1.46. The standard InChI is InChI=1S/C6H6F2N2O2/c7-5(8)4-1-3(6(11)12)2-9-10-4/h1-2,4-5,10H,(H,11,12). The van der Waals surface area contributed by atoms with Gasteiger partial charge in [0.1, 0.15) is 6.04 Å². The van der Waals surface area contributed by atoms with Gasteiger partial charge in [-0.2, -0.15) is 5.10 Å². The number of aliphatic carboxylic acids is 1. The molecule has 66 valence electrons. The Morgan fingerprint density at radius 1 is 1.75 bits per heavy atom. The predicted molar refractivity (Wildman–Crippen MR) is 37.1 cm³/mol. The molecule has 1 heterocycles. The third-order valence-corrected chi connectivity index (χ3v) is 1.30. The van der Waals surface area contributed by atoms with E-state index in [-0.39, 0.29) is 5.57 Å². The molecule has 1 atom stereocenters. The number of carboxylic acids is 1. The van der Waals surface area contributed by atoms with Crippen molar-refractivity contribution in [1.29, 1.82) is 0 Å². The summed E-state index contributed by atoms with van der Waals surface area (Å²) in [6.07, 6.45) is -0.738. The molecule has 0 fully saturated rings. The number of carboxylic acid groups (broad SMARTS) is 1. The van der Waals surface area contributed by atoms with E-state index in [0.29, 0.717) is 0 Å². The van der Waals surface area contributed by atoms with Crippen LogP contribution in [0.15, 0.2) is 16.8 Å². The van der Waals surface area contributed by atoms with Crippen molar-refractivity contribution in [2.45, 2.75) is 12.5 Å². The molecular weight excluding hydrogens is 170 g/mol. The van der Waals surface area contributed by atoms with E-state index in [4.69, 9.17) is 5.11 Å². The molecule has 0 aromatic heterocycles. The first-order chi connectivity index (χ1) is 5.61. The van der Waals surface area contributed by atoms with Crippen LogP contribution in [0.5, 0.6) is 0 Å². The van der Waals surface area contributed by atoms with Gasteiger partial charge >= 0.3 is 5.97 Å². The van der Waals surface area contributed by atoms with Gasteiger partial charge in [-0.3, -0.25) is 5.43 Å². The number of hydrogen-bond acceptors (Lipinski definition) is 3. The number of hydrazone groups is 1. The lowest BCUT2D eigenvalue weighted by molar-refractivity contribution is -0.132. The number of nitrogens with zero attached hydrogens (tertiary/aromatic N) is 1. The third kappa shape index (κ3) is 1.77. The van der Waals surface area contributed by atoms with Gasteiger partial charge in [0.2, 0.25) is 0 Å². The molecule has 0 aromatic rings. The highest BCUT2D eigenvalue weighted by Gasteiger charge is 2.21. The molecule has 0 saturated carbocycles. The summed E-state index contributed by atoms with van der Waals surface area (Å²) in [5.41, 5.74) is 1.86. The van der Waals surface area contributed by atoms with Gasteiger partial charge in [-0.25, -0.2) is 13.6 Å². The molecule has 0 aromatic carbocycles. The van der Waals surface area contributed by atoms with Crippen LogP contribution in [0.1, 0.15) is 0 Å². The van der Waals surface area contributed by atoms with Crippen LogP contribution in [0, 0.1) is 0 Å². The minimum Gasteiger partial charge on any atom is -0.478 e. The Kier molecular flexibility index (Phi) is 2.37. The fourth-order valence-electron chi connectivity index (χ4n) is 0.722. The van der Waals surface area contributed by atoms with Gasteiger partial charge in [-0.1, -0.05) is 0 Å². The van der Waals surface area contributed by atoms with Crippen molar-refractivity contribution in [3.05, 3.63) is 11.6 Å². The average molecular weight is 176 g/mol. The third-order valence-electron chi connectivity index (χ3n) is 1.30. The maximum atomic E-state index is 12.0. The van der Waals surface area contributed by atoms with Gasteiger partial charge in [0.15, 0.2) is 0 Å². The summed E-state index contributed by atoms with van der Waals surface area (Å²) in [5.74, 6) is -1.26. The van der Waals surface area contributed by atoms with Crippen molar-refractivity contribution in [3.8, 4) is 0 Å². The highest BCUT2D eigenvalue weighted by molar-refractivity contribution is 6.08. The zero-order valence-electron chi connectivity index (χ0n) is 5.87. The summed E-state index contributed by atoms with van der Waals surface area (Å²) in [6.45, 7) is 0. The zero-order valence-corrected chi connectivity index (χ0v) is 5.87. The number of hydrogen-bond donors (Lipinski definition) is 2. The summed E-state index contributed by atoms with van der Waals surface area (Å²) in [6, 6.07) is -1.30. The van der Waals surface area contributed by atoms with Gasteiger partial charge in [0.25, 0.3) is 6.43 Å². The quantitative estimate of drug-likeness (QED) is 0.632. The van der Waals surface area contributed by atoms with Crippen LogP contribution in [0.3, 0.4) is 0 Å². The van der Waals surface area contributed by atoms with Crippen LogP contribution in [0.25, 0.3) is 0 Å². The van der Waals surface area contributed by atoms with Crippen molar-refractivity contribution in [3.63, 3.8) is 0 Å². The number of halogens is 2. The first-order valence-corrected chi connectivity index (χ1v) is 3.13. The fraction of sp³-hybridized carbons (Fsp3) is 0.333. The van der Waals surface area contributed by atoms with E-state index in [9.17, 15) is 13.6 Å². The molecule has 0 amide bonds. The maximum absolute atomic E-state index is 12.0. The minimum absolute atomic E-state index is 0.223. The van der Waals surface area contributed by atoms with Gasteiger partial charge in [-0.05, 0) is 6.08 Å². The molecule has 1 rings (SSSR count). The van der Waals surface area contributed by atoms with Crippen LogP contribution >= 0.6 is 0 Å². The molecule has 0 radical (unpaired) electrons. The highest BCUT2D eigenvalue weighted by atomic mass is 19.3. The SMILES string of the molecule is O=C(O)C1=CC(C(F)F)NN=C1. The van der Waals surface area contributed by atoms with E-state index in [1.165, 1.54) is 0 Å². The summed E-state index contributed by atoms with van der Waals surface area (Å²) in [7, 11) is 0. The Bertz CT molecular complexity index is 250. The first kappa shape index (κ1) is 8.63. The highest BCUT2D eigenvalue weighted by Crippen LogP contribution is 2.08. The Balaban J connectivity index is 2.75. The van der Waals surface area contributed by atoms with Crippen molar-refractivity contribution in [1.82, 2.24) is 5.43 Å². The Labute approximate surface area is 66.6 Å². The number of alkyl halides is 2. The van der Waals surface area contributed by atoms with Gasteiger partial charge < -0.3 is 5.11 Å². The lowest BCUT2D eigenvalue weighted by atomic mass is 10.2. The fourth-order valence-corrected chi connectivity index (χ4v) is 0.722. The molecule has 4 nitrogen and oxygen atoms in total. The molecular formula is C6H6F2N2O2. The van der Waals surface area contributed by atoms with Crippen molar-refractivity contribution >= 4 is 12.2 Å². The van der Waals surface area contributed by atoms with Crippen LogP contribution in [-0.4, -0.2) is 29.8 Å². The summed E-state index contributed by atoms with van der Waals surface area (Å²) < 4.78 is 24.0. The second kappa shape index (κ2) is 3.29. The first-order valence-electron chi connectivity index (χ1n) is 3.13. The second-order valence-electron chi connectivity index (χ2n) is 2.17. The van der Waals surface area contributed by atoms with Gasteiger partial charge in [-0.15, -0.1) is 0 Å². The molecule has 12 heavy (non-hydrogen) atoms. The van der Waals surface area contributed by atoms with Crippen LogP contribution < -0.4 is 5.43 Å². The summed E-state index contributed by atoms with van der Waals surface area (Å²) >= 11 is 0. The van der Waals surface area contributed by atoms with Crippen molar-refractivity contribution in [2.24, 2.45) is 5.10 Å². The van der Waals surface area contributed by atoms with E-state index in [1.54, 1.807) is 0 Å². The van der Waals surface area contributed by atoms with E-state index >= 15 is 0 Å². The largest absolute Gasteiger partial charge is 0.478 e. The normalized spacial score (nSPS) is 21.9. The number of carbonyl (C=O) groups is 1. The summed E-state index contributed by atoms with van der Waals surface area (Å²) in [4.78, 5) is 10.3. The number of nitrogens with one attached hydrogen (secondary N) is 1. The monoisotopic (exact) mass is 176 g/mol. The molecule has 1 aliphatic heterocycles. The maximum Gasteiger partial charge on any atom is 0.337 e. The Morgan fingerprint density at radius 3 is 2.92 bits per heavy atom. The molecule has 1 unspecified atom stereocenters. The van der Waals surface area contributed by atoms with E-state index in [1.807, 2.05) is 0 Å². The zero-order chi connectivity index (χ0) is 9.14. The predicted octanol–water partition coefficient (Wildman–Crippen LogP) is 0.220. The second-order valence-corrected chi connectivity index (χ2v) is 2.17. The molecule has 0 saturated heterocycles. The molecule has 6 heteroatoms. The van der Waals surface area contributed by atoms with E-state index in [0.717, 1.165) is 12.3 Å². The van der Waals surface area contributed by atoms with Crippen LogP contribution in [0.2, 0.25) is 0 Å². The van der Waals surface area contributed by atoms with Gasteiger partial charge in [0, 0.05) is 0 Å². The topological polar surface area (TPSA) is 61.7 Å². The molecule has 0 aliphatic carbocycles. The Morgan fingerprint density at radius 2 is 2.42 bits per heavy atom. The lowest BCUT2D eigenvalue weighted by Gasteiger charge is -2.14. The van der Waals surface area contributed by atoms with Crippen LogP contribution in [-0.2, 0) is 4.79 Å². The number of rotatable bonds is 2. The molecule has 1 aliphatic rings. The van der Waals surface area contributed by atoms with Crippen LogP contribution in [0.4, 0.5) is 8.78 Å². The molecule has 2 N–H and O–H groups in total. The average Bonchev–Trinajstić information content (AvgIpc) is 2.04. The lowest BCUT2D eigenvalue weighted by Crippen LogP contribution is -2.33. The summed E-state index contributed by atoms with van der Waals surface area (Å²) in [5, 5.41) is 11.7. The van der Waals surface area contributed by atoms with E-state index < -0.39 is 18.4 Å². The minimum atomic E-state index is -2.66. The van der Waals surface area contributed by atoms with Crippen molar-refractivity contribution < 1.29 is 18.7 Å².